The van der Waals surface area contributed by atoms with Crippen LogP contribution in [0.2, 0.25) is 0 Å². The normalized spacial score (nSPS) is 21.4. The van der Waals surface area contributed by atoms with Crippen molar-refractivity contribution in [2.75, 3.05) is 86.6 Å². The average molecular weight is 415 g/mol. The van der Waals surface area contributed by atoms with E-state index in [1.54, 1.807) is 0 Å². The van der Waals surface area contributed by atoms with Crippen molar-refractivity contribution in [3.05, 3.63) is 0 Å². The van der Waals surface area contributed by atoms with Crippen LogP contribution in [-0.2, 0) is 16.5 Å². The molecular formula is C15H35Cl2N5Ni. The molecule has 0 aromatic carbocycles. The van der Waals surface area contributed by atoms with Gasteiger partial charge in [-0.15, -0.1) is 0 Å². The summed E-state index contributed by atoms with van der Waals surface area (Å²) in [5.74, 6) is 0. The molecule has 0 aromatic rings. The second-order valence-corrected chi connectivity index (χ2v) is 6.25. The molecule has 23 heavy (non-hydrogen) atoms. The van der Waals surface area contributed by atoms with Crippen LogP contribution in [0.4, 0.5) is 0 Å². The van der Waals surface area contributed by atoms with E-state index < -0.39 is 0 Å². The smallest absolute Gasteiger partial charge is 1.00 e. The number of hydrogen-bond acceptors (Lipinski definition) is 5. The molecule has 1 aliphatic heterocycles. The summed E-state index contributed by atoms with van der Waals surface area (Å²) in [5.41, 5.74) is 5.73. The van der Waals surface area contributed by atoms with E-state index in [0.29, 0.717) is 0 Å². The fourth-order valence-electron chi connectivity index (χ4n) is 2.68. The summed E-state index contributed by atoms with van der Waals surface area (Å²) >= 11 is 0. The maximum absolute atomic E-state index is 5.73. The molecule has 0 bridgehead atoms. The molecule has 1 aliphatic rings. The quantitative estimate of drug-likeness (QED) is 0.455. The van der Waals surface area contributed by atoms with Crippen molar-refractivity contribution in [1.29, 1.82) is 0 Å². The third kappa shape index (κ3) is 14.9. The predicted octanol–water partition coefficient (Wildman–Crippen LogP) is -6.16. The van der Waals surface area contributed by atoms with Crippen LogP contribution in [-0.4, -0.2) is 106 Å². The predicted molar refractivity (Wildman–Crippen MR) is 87.2 cm³/mol. The molecule has 0 radical (unpaired) electrons. The topological polar surface area (TPSA) is 39.0 Å². The van der Waals surface area contributed by atoms with Gasteiger partial charge in [0.15, 0.2) is 0 Å². The van der Waals surface area contributed by atoms with Gasteiger partial charge in [-0.2, -0.15) is 0 Å². The van der Waals surface area contributed by atoms with Crippen LogP contribution in [0.15, 0.2) is 0 Å². The first-order valence-electron chi connectivity index (χ1n) is 8.10. The van der Waals surface area contributed by atoms with Gasteiger partial charge in [-0.3, -0.25) is 0 Å². The Morgan fingerprint density at radius 2 is 1.04 bits per heavy atom. The molecule has 0 unspecified atom stereocenters. The van der Waals surface area contributed by atoms with E-state index in [4.69, 9.17) is 5.73 Å². The minimum absolute atomic E-state index is 0. The molecule has 0 atom stereocenters. The fourth-order valence-corrected chi connectivity index (χ4v) is 2.68. The number of hydrogen-bond donors (Lipinski definition) is 1. The molecule has 0 aromatic heterocycles. The standard InChI is InChI=1S/C15H35N5.2ClH.Ni/c1-17-7-4-8-19(3)14-15-20(11-6-16)10-5-9-18(2)13-12-17;;;/h4-16H2,1-3H3;2*1H;/q;;;+2/p-2. The second-order valence-electron chi connectivity index (χ2n) is 6.25. The summed E-state index contributed by atoms with van der Waals surface area (Å²) in [7, 11) is 6.71. The van der Waals surface area contributed by atoms with E-state index in [2.05, 4.69) is 40.7 Å². The maximum Gasteiger partial charge on any atom is 2.00 e. The monoisotopic (exact) mass is 413 g/mol. The summed E-state index contributed by atoms with van der Waals surface area (Å²) in [4.78, 5) is 9.88. The molecule has 0 saturated carbocycles. The molecule has 0 amide bonds. The third-order valence-electron chi connectivity index (χ3n) is 4.20. The zero-order valence-electron chi connectivity index (χ0n) is 14.9. The van der Waals surface area contributed by atoms with Gasteiger partial charge in [0.05, 0.1) is 0 Å². The van der Waals surface area contributed by atoms with E-state index in [-0.39, 0.29) is 41.3 Å². The van der Waals surface area contributed by atoms with E-state index in [1.807, 2.05) is 0 Å². The minimum atomic E-state index is 0. The SMILES string of the molecule is CN1CCCN(C)CCN(CCN)CCCN(C)CC1.[Cl-].[Cl-].[Ni+2]. The maximum atomic E-state index is 5.73. The molecule has 1 saturated heterocycles. The van der Waals surface area contributed by atoms with Gasteiger partial charge in [-0.1, -0.05) is 0 Å². The molecule has 0 spiro atoms. The number of nitrogens with zero attached hydrogens (tertiary/aromatic N) is 4. The molecule has 2 N–H and O–H groups in total. The van der Waals surface area contributed by atoms with Crippen molar-refractivity contribution in [2.45, 2.75) is 12.8 Å². The zero-order chi connectivity index (χ0) is 14.8. The van der Waals surface area contributed by atoms with Gasteiger partial charge in [0.1, 0.15) is 0 Å². The Balaban J connectivity index is -0.00000133. The van der Waals surface area contributed by atoms with Gasteiger partial charge in [-0.25, -0.2) is 0 Å². The van der Waals surface area contributed by atoms with Crippen molar-refractivity contribution >= 4 is 0 Å². The molecule has 5 nitrogen and oxygen atoms in total. The van der Waals surface area contributed by atoms with Crippen LogP contribution in [0, 0.1) is 0 Å². The second kappa shape index (κ2) is 17.7. The van der Waals surface area contributed by atoms with Crippen LogP contribution in [0.3, 0.4) is 0 Å². The van der Waals surface area contributed by atoms with Crippen molar-refractivity contribution in [1.82, 2.24) is 19.6 Å². The van der Waals surface area contributed by atoms with Gasteiger partial charge in [-0.05, 0) is 60.2 Å². The Labute approximate surface area is 166 Å². The van der Waals surface area contributed by atoms with Crippen molar-refractivity contribution < 1.29 is 41.3 Å². The third-order valence-corrected chi connectivity index (χ3v) is 4.20. The Kier molecular flexibility index (Phi) is 22.0. The zero-order valence-corrected chi connectivity index (χ0v) is 17.4. The average Bonchev–Trinajstić information content (AvgIpc) is 2.41. The van der Waals surface area contributed by atoms with Gasteiger partial charge in [0.2, 0.25) is 0 Å². The van der Waals surface area contributed by atoms with Crippen molar-refractivity contribution in [3.8, 4) is 0 Å². The van der Waals surface area contributed by atoms with Gasteiger partial charge >= 0.3 is 16.5 Å². The molecule has 8 heteroatoms. The first-order chi connectivity index (χ1) is 9.61. The largest absolute Gasteiger partial charge is 2.00 e. The Morgan fingerprint density at radius 3 is 1.48 bits per heavy atom. The summed E-state index contributed by atoms with van der Waals surface area (Å²) < 4.78 is 0. The van der Waals surface area contributed by atoms with Gasteiger partial charge in [0, 0.05) is 39.3 Å². The van der Waals surface area contributed by atoms with Crippen LogP contribution in [0.1, 0.15) is 12.8 Å². The van der Waals surface area contributed by atoms with Crippen LogP contribution >= 0.6 is 0 Å². The van der Waals surface area contributed by atoms with E-state index in [1.165, 1.54) is 52.1 Å². The number of likely N-dealkylation sites (N-methyl/N-ethyl adjacent to an activating group) is 3. The van der Waals surface area contributed by atoms with Crippen molar-refractivity contribution in [2.24, 2.45) is 5.73 Å². The number of nitrogens with two attached hydrogens (primary N) is 1. The minimum Gasteiger partial charge on any atom is -1.00 e. The number of rotatable bonds is 2. The molecular weight excluding hydrogens is 380 g/mol. The van der Waals surface area contributed by atoms with Crippen LogP contribution in [0.5, 0.6) is 0 Å². The molecule has 1 rings (SSSR count). The number of halogens is 2. The van der Waals surface area contributed by atoms with Crippen LogP contribution < -0.4 is 30.5 Å². The van der Waals surface area contributed by atoms with E-state index in [9.17, 15) is 0 Å². The Morgan fingerprint density at radius 1 is 0.652 bits per heavy atom. The van der Waals surface area contributed by atoms with Crippen LogP contribution in [0.25, 0.3) is 0 Å². The fraction of sp³-hybridized carbons (Fsp3) is 1.00. The molecule has 144 valence electrons. The van der Waals surface area contributed by atoms with E-state index >= 15 is 0 Å². The summed E-state index contributed by atoms with van der Waals surface area (Å²) in [6.45, 7) is 11.2. The summed E-state index contributed by atoms with van der Waals surface area (Å²) in [6, 6.07) is 0. The molecule has 1 heterocycles. The molecule has 1 fully saturated rings. The first kappa shape index (κ1) is 28.7. The summed E-state index contributed by atoms with van der Waals surface area (Å²) in [5, 5.41) is 0. The van der Waals surface area contributed by atoms with E-state index in [0.717, 1.165) is 26.2 Å². The first-order valence-corrected chi connectivity index (χ1v) is 8.10. The Hall–Kier alpha value is 0.874. The Bertz CT molecular complexity index is 252. The van der Waals surface area contributed by atoms with Gasteiger partial charge < -0.3 is 50.1 Å². The van der Waals surface area contributed by atoms with Crippen molar-refractivity contribution in [3.63, 3.8) is 0 Å². The molecule has 0 aliphatic carbocycles. The summed E-state index contributed by atoms with van der Waals surface area (Å²) in [6.07, 6.45) is 2.50. The van der Waals surface area contributed by atoms with Gasteiger partial charge in [0.25, 0.3) is 0 Å².